The Hall–Kier alpha value is -3.48. The first kappa shape index (κ1) is 15.1. The van der Waals surface area contributed by atoms with Crippen LogP contribution in [0.3, 0.4) is 0 Å². The summed E-state index contributed by atoms with van der Waals surface area (Å²) >= 11 is 0. The molecule has 0 amide bonds. The van der Waals surface area contributed by atoms with Gasteiger partial charge in [-0.05, 0) is 17.7 Å². The summed E-state index contributed by atoms with van der Waals surface area (Å²) in [4.78, 5) is 17.1. The average Bonchev–Trinajstić information content (AvgIpc) is 3.10. The van der Waals surface area contributed by atoms with E-state index in [-0.39, 0.29) is 11.1 Å². The van der Waals surface area contributed by atoms with Gasteiger partial charge in [-0.15, -0.1) is 5.10 Å². The minimum Gasteiger partial charge on any atom is -0.497 e. The number of hydrogen-bond acceptors (Lipinski definition) is 5. The Balaban J connectivity index is 1.78. The van der Waals surface area contributed by atoms with Crippen LogP contribution in [-0.4, -0.2) is 31.7 Å². The second-order valence-corrected chi connectivity index (χ2v) is 5.54. The van der Waals surface area contributed by atoms with Crippen LogP contribution >= 0.6 is 0 Å². The van der Waals surface area contributed by atoms with Crippen LogP contribution in [0.1, 0.15) is 5.56 Å². The van der Waals surface area contributed by atoms with E-state index in [0.29, 0.717) is 17.9 Å². The standard InChI is InChI=1S/C18H15N5O2/c1-25-15-9-5-8-14(10-15)23-17-16(20-21-23)18(24)22(12-19-17)11-13-6-3-2-4-7-13/h2-10,12H,11H2,1H3. The zero-order valence-corrected chi connectivity index (χ0v) is 13.5. The molecular formula is C18H15N5O2. The third kappa shape index (κ3) is 2.76. The molecule has 0 saturated heterocycles. The first-order chi connectivity index (χ1) is 12.3. The van der Waals surface area contributed by atoms with Crippen molar-refractivity contribution in [3.05, 3.63) is 76.8 Å². The van der Waals surface area contributed by atoms with Crippen LogP contribution in [0.2, 0.25) is 0 Å². The molecule has 0 radical (unpaired) electrons. The highest BCUT2D eigenvalue weighted by molar-refractivity contribution is 5.70. The molecule has 0 unspecified atom stereocenters. The average molecular weight is 333 g/mol. The van der Waals surface area contributed by atoms with E-state index in [1.54, 1.807) is 7.11 Å². The predicted octanol–water partition coefficient (Wildman–Crippen LogP) is 2.03. The maximum atomic E-state index is 12.7. The second-order valence-electron chi connectivity index (χ2n) is 5.54. The van der Waals surface area contributed by atoms with E-state index >= 15 is 0 Å². The molecule has 0 atom stereocenters. The van der Waals surface area contributed by atoms with E-state index in [1.165, 1.54) is 15.6 Å². The molecule has 0 bridgehead atoms. The van der Waals surface area contributed by atoms with Gasteiger partial charge in [-0.25, -0.2) is 4.98 Å². The molecule has 2 aromatic heterocycles. The minimum absolute atomic E-state index is 0.219. The number of aromatic nitrogens is 5. The maximum absolute atomic E-state index is 12.7. The van der Waals surface area contributed by atoms with Crippen molar-refractivity contribution in [2.45, 2.75) is 6.54 Å². The lowest BCUT2D eigenvalue weighted by atomic mass is 10.2. The van der Waals surface area contributed by atoms with Gasteiger partial charge in [-0.1, -0.05) is 41.6 Å². The van der Waals surface area contributed by atoms with Crippen molar-refractivity contribution in [2.24, 2.45) is 0 Å². The van der Waals surface area contributed by atoms with Crippen LogP contribution in [-0.2, 0) is 6.54 Å². The molecule has 25 heavy (non-hydrogen) atoms. The molecule has 0 spiro atoms. The number of hydrogen-bond donors (Lipinski definition) is 0. The molecule has 0 aliphatic heterocycles. The first-order valence-corrected chi connectivity index (χ1v) is 7.75. The van der Waals surface area contributed by atoms with Crippen LogP contribution in [0.4, 0.5) is 0 Å². The fourth-order valence-electron chi connectivity index (χ4n) is 2.65. The summed E-state index contributed by atoms with van der Waals surface area (Å²) in [6.07, 6.45) is 1.53. The van der Waals surface area contributed by atoms with Gasteiger partial charge in [0.05, 0.1) is 19.3 Å². The Bertz CT molecular complexity index is 1090. The van der Waals surface area contributed by atoms with Crippen molar-refractivity contribution >= 4 is 11.2 Å². The quantitative estimate of drug-likeness (QED) is 0.571. The summed E-state index contributed by atoms with van der Waals surface area (Å²) in [5.41, 5.74) is 2.19. The van der Waals surface area contributed by atoms with E-state index in [4.69, 9.17) is 4.74 Å². The number of fused-ring (bicyclic) bond motifs is 1. The second kappa shape index (κ2) is 6.20. The Morgan fingerprint density at radius 2 is 1.92 bits per heavy atom. The predicted molar refractivity (Wildman–Crippen MR) is 93.0 cm³/mol. The third-order valence-electron chi connectivity index (χ3n) is 3.92. The molecule has 0 aliphatic rings. The van der Waals surface area contributed by atoms with Crippen LogP contribution < -0.4 is 10.3 Å². The van der Waals surface area contributed by atoms with Gasteiger partial charge in [-0.2, -0.15) is 4.68 Å². The van der Waals surface area contributed by atoms with Gasteiger partial charge in [0.2, 0.25) is 0 Å². The fourth-order valence-corrected chi connectivity index (χ4v) is 2.65. The van der Waals surface area contributed by atoms with Crippen molar-refractivity contribution in [1.82, 2.24) is 24.5 Å². The van der Waals surface area contributed by atoms with Gasteiger partial charge in [0.25, 0.3) is 5.56 Å². The summed E-state index contributed by atoms with van der Waals surface area (Å²) in [5.74, 6) is 0.693. The van der Waals surface area contributed by atoms with Gasteiger partial charge in [-0.3, -0.25) is 9.36 Å². The Morgan fingerprint density at radius 1 is 1.08 bits per heavy atom. The molecule has 4 rings (SSSR count). The molecule has 0 N–H and O–H groups in total. The topological polar surface area (TPSA) is 74.8 Å². The summed E-state index contributed by atoms with van der Waals surface area (Å²) < 4.78 is 8.29. The van der Waals surface area contributed by atoms with Gasteiger partial charge in [0.15, 0.2) is 11.2 Å². The van der Waals surface area contributed by atoms with Crippen molar-refractivity contribution < 1.29 is 4.74 Å². The van der Waals surface area contributed by atoms with Crippen LogP contribution in [0.5, 0.6) is 5.75 Å². The van der Waals surface area contributed by atoms with Crippen molar-refractivity contribution in [1.29, 1.82) is 0 Å². The van der Waals surface area contributed by atoms with E-state index in [9.17, 15) is 4.79 Å². The summed E-state index contributed by atoms with van der Waals surface area (Å²) in [7, 11) is 1.60. The lowest BCUT2D eigenvalue weighted by molar-refractivity contribution is 0.414. The smallest absolute Gasteiger partial charge is 0.283 e. The normalized spacial score (nSPS) is 10.9. The van der Waals surface area contributed by atoms with E-state index < -0.39 is 0 Å². The molecule has 124 valence electrons. The largest absolute Gasteiger partial charge is 0.497 e. The first-order valence-electron chi connectivity index (χ1n) is 7.75. The number of benzene rings is 2. The molecule has 0 aliphatic carbocycles. The molecule has 4 aromatic rings. The number of rotatable bonds is 4. The molecular weight excluding hydrogens is 318 g/mol. The van der Waals surface area contributed by atoms with Crippen LogP contribution in [0, 0.1) is 0 Å². The van der Waals surface area contributed by atoms with E-state index in [0.717, 1.165) is 11.3 Å². The Kier molecular flexibility index (Phi) is 3.74. The summed E-state index contributed by atoms with van der Waals surface area (Å²) in [6, 6.07) is 17.1. The molecule has 0 saturated carbocycles. The highest BCUT2D eigenvalue weighted by Crippen LogP contribution is 2.17. The zero-order chi connectivity index (χ0) is 17.2. The lowest BCUT2D eigenvalue weighted by Gasteiger charge is -2.06. The van der Waals surface area contributed by atoms with Gasteiger partial charge >= 0.3 is 0 Å². The monoisotopic (exact) mass is 333 g/mol. The van der Waals surface area contributed by atoms with E-state index in [2.05, 4.69) is 15.3 Å². The Labute approximate surface area is 143 Å². The number of methoxy groups -OCH3 is 1. The van der Waals surface area contributed by atoms with Gasteiger partial charge in [0, 0.05) is 6.07 Å². The van der Waals surface area contributed by atoms with Crippen molar-refractivity contribution in [3.63, 3.8) is 0 Å². The molecule has 0 fully saturated rings. The zero-order valence-electron chi connectivity index (χ0n) is 13.5. The van der Waals surface area contributed by atoms with Gasteiger partial charge in [0.1, 0.15) is 12.1 Å². The van der Waals surface area contributed by atoms with Crippen LogP contribution in [0.25, 0.3) is 16.9 Å². The highest BCUT2D eigenvalue weighted by Gasteiger charge is 2.13. The van der Waals surface area contributed by atoms with Crippen LogP contribution in [0.15, 0.2) is 65.7 Å². The summed E-state index contributed by atoms with van der Waals surface area (Å²) in [6.45, 7) is 0.439. The minimum atomic E-state index is -0.219. The maximum Gasteiger partial charge on any atom is 0.283 e. The highest BCUT2D eigenvalue weighted by atomic mass is 16.5. The Morgan fingerprint density at radius 3 is 2.72 bits per heavy atom. The third-order valence-corrected chi connectivity index (χ3v) is 3.92. The molecule has 2 aromatic carbocycles. The number of ether oxygens (including phenoxy) is 1. The van der Waals surface area contributed by atoms with Crippen molar-refractivity contribution in [3.8, 4) is 11.4 Å². The SMILES string of the molecule is COc1cccc(-n2nnc3c(=O)n(Cc4ccccc4)cnc32)c1. The fraction of sp³-hybridized carbons (Fsp3) is 0.111. The van der Waals surface area contributed by atoms with Crippen molar-refractivity contribution in [2.75, 3.05) is 7.11 Å². The lowest BCUT2D eigenvalue weighted by Crippen LogP contribution is -2.21. The molecule has 7 nitrogen and oxygen atoms in total. The molecule has 2 heterocycles. The number of nitrogens with zero attached hydrogens (tertiary/aromatic N) is 5. The summed E-state index contributed by atoms with van der Waals surface area (Å²) in [5, 5.41) is 8.11. The molecule has 7 heteroatoms. The van der Waals surface area contributed by atoms with E-state index in [1.807, 2.05) is 54.6 Å². The van der Waals surface area contributed by atoms with Gasteiger partial charge < -0.3 is 4.74 Å².